The van der Waals surface area contributed by atoms with Crippen molar-refractivity contribution in [3.63, 3.8) is 0 Å². The molecule has 1 unspecified atom stereocenters. The van der Waals surface area contributed by atoms with Gasteiger partial charge in [0.05, 0.1) is 22.1 Å². The van der Waals surface area contributed by atoms with Crippen LogP contribution in [0.3, 0.4) is 0 Å². The maximum Gasteiger partial charge on any atom is 0.202 e. The molecule has 3 N–H and O–H groups in total. The number of hydrogen-bond donors (Lipinski definition) is 2. The Morgan fingerprint density at radius 2 is 1.30 bits per heavy atom. The lowest BCUT2D eigenvalue weighted by Crippen LogP contribution is -2.29. The van der Waals surface area contributed by atoms with Crippen LogP contribution < -0.4 is 11.1 Å². The molecule has 6 heteroatoms. The second-order valence-electron chi connectivity index (χ2n) is 14.9. The highest BCUT2D eigenvalue weighted by molar-refractivity contribution is 7.25. The third-order valence-electron chi connectivity index (χ3n) is 11.5. The van der Waals surface area contributed by atoms with Gasteiger partial charge in [-0.15, -0.1) is 11.3 Å². The number of rotatable bonds is 7. The molecule has 274 valence electrons. The zero-order valence-corrected chi connectivity index (χ0v) is 32.1. The number of para-hydroxylation sites is 2. The fraction of sp³-hybridized carbons (Fsp3) is 0.0784. The summed E-state index contributed by atoms with van der Waals surface area (Å²) in [4.78, 5) is 5.45. The molecule has 1 atom stereocenters. The maximum absolute atomic E-state index is 7.40. The van der Waals surface area contributed by atoms with Crippen molar-refractivity contribution in [2.24, 2.45) is 10.7 Å². The van der Waals surface area contributed by atoms with E-state index in [2.05, 4.69) is 190 Å². The van der Waals surface area contributed by atoms with E-state index in [1.807, 2.05) is 11.3 Å². The van der Waals surface area contributed by atoms with E-state index in [0.29, 0.717) is 5.96 Å². The van der Waals surface area contributed by atoms with Gasteiger partial charge in [-0.05, 0) is 72.0 Å². The van der Waals surface area contributed by atoms with E-state index < -0.39 is 0 Å². The fourth-order valence-corrected chi connectivity index (χ4v) is 9.90. The van der Waals surface area contributed by atoms with Crippen LogP contribution in [0.2, 0.25) is 0 Å². The average Bonchev–Trinajstić information content (AvgIpc) is 3.93. The van der Waals surface area contributed by atoms with Crippen molar-refractivity contribution in [2.75, 3.05) is 6.54 Å². The quantitative estimate of drug-likeness (QED) is 0.126. The first-order valence-corrected chi connectivity index (χ1v) is 20.5. The lowest BCUT2D eigenvalue weighted by Gasteiger charge is -2.19. The molecule has 11 rings (SSSR count). The number of hydrogen-bond acceptors (Lipinski definition) is 3. The van der Waals surface area contributed by atoms with Crippen LogP contribution in [-0.4, -0.2) is 21.6 Å². The Kier molecular flexibility index (Phi) is 8.12. The average molecular weight is 754 g/mol. The lowest BCUT2D eigenvalue weighted by molar-refractivity contribution is 0.575. The fourth-order valence-electron chi connectivity index (χ4n) is 8.81. The van der Waals surface area contributed by atoms with Crippen LogP contribution in [0.4, 0.5) is 0 Å². The summed E-state index contributed by atoms with van der Waals surface area (Å²) < 4.78 is 7.15. The minimum Gasteiger partial charge on any atom is -0.369 e. The molecule has 0 bridgehead atoms. The molecule has 0 saturated heterocycles. The van der Waals surface area contributed by atoms with E-state index in [9.17, 15) is 0 Å². The van der Waals surface area contributed by atoms with Gasteiger partial charge in [-0.3, -0.25) is 9.88 Å². The molecule has 0 saturated carbocycles. The Balaban J connectivity index is 1.14. The minimum absolute atomic E-state index is 0.383. The summed E-state index contributed by atoms with van der Waals surface area (Å²) in [5.74, 6) is 0.440. The summed E-state index contributed by atoms with van der Waals surface area (Å²) in [6.45, 7) is 0.721. The van der Waals surface area contributed by atoms with Crippen molar-refractivity contribution in [3.05, 3.63) is 187 Å². The number of allylic oxidation sites excluding steroid dienone is 3. The molecule has 0 radical (unpaired) electrons. The van der Waals surface area contributed by atoms with E-state index in [4.69, 9.17) is 10.7 Å². The van der Waals surface area contributed by atoms with Gasteiger partial charge < -0.3 is 10.3 Å². The van der Waals surface area contributed by atoms with Gasteiger partial charge in [0.15, 0.2) is 0 Å². The van der Waals surface area contributed by atoms with Crippen LogP contribution in [0.5, 0.6) is 0 Å². The van der Waals surface area contributed by atoms with Crippen molar-refractivity contribution in [1.29, 1.82) is 0 Å². The highest BCUT2D eigenvalue weighted by Crippen LogP contribution is 2.41. The number of aliphatic imine (C=N–C) groups is 1. The topological polar surface area (TPSA) is 60.3 Å². The maximum atomic E-state index is 7.40. The van der Waals surface area contributed by atoms with Gasteiger partial charge in [0.25, 0.3) is 0 Å². The number of fused-ring (bicyclic) bond motifs is 10. The van der Waals surface area contributed by atoms with Crippen LogP contribution in [0.25, 0.3) is 80.6 Å². The van der Waals surface area contributed by atoms with Crippen molar-refractivity contribution in [2.45, 2.75) is 19.0 Å². The molecule has 1 aliphatic rings. The Morgan fingerprint density at radius 3 is 2.09 bits per heavy atom. The predicted octanol–water partition coefficient (Wildman–Crippen LogP) is 12.7. The van der Waals surface area contributed by atoms with Gasteiger partial charge in [-0.25, -0.2) is 4.99 Å². The highest BCUT2D eigenvalue weighted by atomic mass is 32.1. The summed E-state index contributed by atoms with van der Waals surface area (Å²) in [5.41, 5.74) is 17.6. The monoisotopic (exact) mass is 753 g/mol. The Labute approximate surface area is 334 Å². The smallest absolute Gasteiger partial charge is 0.202 e. The highest BCUT2D eigenvalue weighted by Gasteiger charge is 2.23. The third kappa shape index (κ3) is 5.68. The summed E-state index contributed by atoms with van der Waals surface area (Å²) in [7, 11) is 0. The number of nitrogens with zero attached hydrogens (tertiary/aromatic N) is 3. The van der Waals surface area contributed by atoms with Crippen LogP contribution in [0, 0.1) is 0 Å². The van der Waals surface area contributed by atoms with E-state index in [1.165, 1.54) is 47.6 Å². The van der Waals surface area contributed by atoms with E-state index in [1.54, 1.807) is 0 Å². The van der Waals surface area contributed by atoms with Crippen molar-refractivity contribution in [3.8, 4) is 16.8 Å². The molecule has 0 amide bonds. The van der Waals surface area contributed by atoms with Gasteiger partial charge in [-0.1, -0.05) is 139 Å². The molecule has 0 spiro atoms. The van der Waals surface area contributed by atoms with Crippen molar-refractivity contribution >= 4 is 81.1 Å². The first kappa shape index (κ1) is 33.6. The molecule has 10 aromatic rings. The molecule has 1 aliphatic carbocycles. The van der Waals surface area contributed by atoms with Crippen LogP contribution >= 0.6 is 11.3 Å². The molecule has 5 nitrogen and oxygen atoms in total. The largest absolute Gasteiger partial charge is 0.369 e. The molecule has 7 aromatic carbocycles. The SMILES string of the molecule is N/C(=N\C(NCC1=CC=CCC1)c1ccc2sc3ccccc3c2c1)n1c2ccccc2c2ccc3c4ccccc4n(-c4ccc(-c5ccccc5)cc4)c3c21. The van der Waals surface area contributed by atoms with E-state index >= 15 is 0 Å². The van der Waals surface area contributed by atoms with Gasteiger partial charge in [0, 0.05) is 53.9 Å². The summed E-state index contributed by atoms with van der Waals surface area (Å²) >= 11 is 1.83. The number of thiophene rings is 1. The summed E-state index contributed by atoms with van der Waals surface area (Å²) in [6, 6.07) is 56.7. The van der Waals surface area contributed by atoms with Gasteiger partial charge >= 0.3 is 0 Å². The number of nitrogens with two attached hydrogens (primary N) is 1. The van der Waals surface area contributed by atoms with E-state index in [0.717, 1.165) is 63.5 Å². The molecule has 3 aromatic heterocycles. The van der Waals surface area contributed by atoms with Crippen molar-refractivity contribution < 1.29 is 0 Å². The van der Waals surface area contributed by atoms with Crippen LogP contribution in [-0.2, 0) is 0 Å². The predicted molar refractivity (Wildman–Crippen MR) is 243 cm³/mol. The second-order valence-corrected chi connectivity index (χ2v) is 16.0. The van der Waals surface area contributed by atoms with Crippen LogP contribution in [0.15, 0.2) is 187 Å². The molecular weight excluding hydrogens is 715 g/mol. The standard InChI is InChI=1S/C51H39N5S/c52-51(54-50(53-32-33-13-3-1-4-14-33)36-25-30-47-43(31-36)40-19-9-12-22-46(40)57-47)56-45-21-11-8-18-39(45)42-29-28-41-38-17-7-10-20-44(38)55(48(41)49(42)56)37-26-23-35(24-27-37)34-15-5-2-6-16-34/h1-3,5-13,15-31,50,53H,4,14,32H2,(H2,52,54). The lowest BCUT2D eigenvalue weighted by atomic mass is 10.0. The number of aromatic nitrogens is 2. The summed E-state index contributed by atoms with van der Waals surface area (Å²) in [6.07, 6.45) is 8.32. The normalized spacial score (nSPS) is 14.1. The number of nitrogens with one attached hydrogen (secondary N) is 1. The first-order chi connectivity index (χ1) is 28.2. The second kappa shape index (κ2) is 13.8. The van der Waals surface area contributed by atoms with Gasteiger partial charge in [0.2, 0.25) is 5.96 Å². The first-order valence-electron chi connectivity index (χ1n) is 19.6. The van der Waals surface area contributed by atoms with E-state index in [-0.39, 0.29) is 6.17 Å². The molecule has 0 fully saturated rings. The van der Waals surface area contributed by atoms with Crippen LogP contribution in [0.1, 0.15) is 24.6 Å². The van der Waals surface area contributed by atoms with Gasteiger partial charge in [-0.2, -0.15) is 0 Å². The Morgan fingerprint density at radius 1 is 0.632 bits per heavy atom. The van der Waals surface area contributed by atoms with Gasteiger partial charge in [0.1, 0.15) is 6.17 Å². The molecule has 0 aliphatic heterocycles. The number of benzene rings is 7. The molecular formula is C51H39N5S. The Bertz CT molecular complexity index is 3250. The van der Waals surface area contributed by atoms with Crippen molar-refractivity contribution in [1.82, 2.24) is 14.5 Å². The Hall–Kier alpha value is -6.73. The zero-order chi connectivity index (χ0) is 37.9. The minimum atomic E-state index is -0.383. The summed E-state index contributed by atoms with van der Waals surface area (Å²) in [5, 5.41) is 11.0. The third-order valence-corrected chi connectivity index (χ3v) is 12.7. The molecule has 57 heavy (non-hydrogen) atoms. The zero-order valence-electron chi connectivity index (χ0n) is 31.3. The molecule has 3 heterocycles.